The zero-order valence-electron chi connectivity index (χ0n) is 54.7. The van der Waals surface area contributed by atoms with Crippen LogP contribution < -0.4 is 21.3 Å². The largest absolute Gasteiger partial charge is 0.366 e. The van der Waals surface area contributed by atoms with E-state index in [1.807, 2.05) is 133 Å². The van der Waals surface area contributed by atoms with Gasteiger partial charge in [0.1, 0.15) is 34.6 Å². The van der Waals surface area contributed by atoms with Crippen LogP contribution in [0.25, 0.3) is 67.6 Å². The minimum absolute atomic E-state index is 0.431. The maximum absolute atomic E-state index is 6.40. The van der Waals surface area contributed by atoms with E-state index in [4.69, 9.17) is 117 Å². The normalized spacial score (nSPS) is 10.8. The van der Waals surface area contributed by atoms with E-state index in [-0.39, 0.29) is 0 Å². The van der Waals surface area contributed by atoms with Crippen molar-refractivity contribution in [1.82, 2.24) is 78.3 Å². The summed E-state index contributed by atoms with van der Waals surface area (Å²) >= 11 is 59.6. The number of thiocarbonyl (C=S) groups is 2. The van der Waals surface area contributed by atoms with Crippen molar-refractivity contribution in [1.29, 1.82) is 0 Å². The molecule has 0 atom stereocenters. The predicted molar refractivity (Wildman–Crippen MR) is 429 cm³/mol. The van der Waals surface area contributed by atoms with Gasteiger partial charge in [0.25, 0.3) is 0 Å². The van der Waals surface area contributed by atoms with Gasteiger partial charge in [-0.05, 0) is 119 Å². The third-order valence-corrected chi connectivity index (χ3v) is 19.2. The van der Waals surface area contributed by atoms with Crippen LogP contribution in [0.15, 0.2) is 242 Å². The van der Waals surface area contributed by atoms with Gasteiger partial charge in [-0.2, -0.15) is 48.4 Å². The van der Waals surface area contributed by atoms with E-state index >= 15 is 0 Å². The fourth-order valence-electron chi connectivity index (χ4n) is 10.6. The molecule has 106 heavy (non-hydrogen) atoms. The molecular weight excluding hydrogens is 1540 g/mol. The molecule has 22 nitrogen and oxygen atoms in total. The molecule has 0 aliphatic rings. The molecule has 16 rings (SSSR count). The number of fused-ring (bicyclic) bond motifs is 4. The smallest absolute Gasteiger partial charge is 0.184 e. The summed E-state index contributed by atoms with van der Waals surface area (Å²) in [6.07, 6.45) is 20.7. The second-order valence-electron chi connectivity index (χ2n) is 22.5. The number of rotatable bonds is 18. The number of aromatic nitrogens is 16. The molecule has 0 aliphatic heterocycles. The van der Waals surface area contributed by atoms with Crippen molar-refractivity contribution in [2.75, 3.05) is 21.3 Å². The predicted octanol–water partition coefficient (Wildman–Crippen LogP) is 20.3. The molecule has 12 aromatic heterocycles. The van der Waals surface area contributed by atoms with Gasteiger partial charge >= 0.3 is 0 Å². The molecule has 0 aliphatic carbocycles. The highest BCUT2D eigenvalue weighted by molar-refractivity contribution is 7.78. The average Bonchev–Trinajstić information content (AvgIpc) is 1.57. The number of nitrogens with one attached hydrogen (secondary N) is 4. The van der Waals surface area contributed by atoms with Gasteiger partial charge in [-0.25, -0.2) is 19.9 Å². The Morgan fingerprint density at radius 1 is 0.321 bits per heavy atom. The van der Waals surface area contributed by atoms with Crippen molar-refractivity contribution in [3.8, 4) is 45.0 Å². The summed E-state index contributed by atoms with van der Waals surface area (Å²) in [6.45, 7) is 2.44. The summed E-state index contributed by atoms with van der Waals surface area (Å²) < 4.78 is 6.83. The lowest BCUT2D eigenvalue weighted by Crippen LogP contribution is -2.06. The second-order valence-corrected chi connectivity index (χ2v) is 26.0. The third kappa shape index (κ3) is 17.4. The van der Waals surface area contributed by atoms with E-state index in [9.17, 15) is 0 Å². The van der Waals surface area contributed by atoms with E-state index < -0.39 is 0 Å². The molecule has 0 unspecified atom stereocenters. The number of aliphatic imine (C=N–C) groups is 2. The number of hydrogen-bond donors (Lipinski definition) is 4. The molecule has 0 radical (unpaired) electrons. The van der Waals surface area contributed by atoms with Gasteiger partial charge in [0.05, 0.1) is 98.1 Å². The zero-order chi connectivity index (χ0) is 73.5. The fraction of sp³-hybridized carbons (Fsp3) is 0.0541. The summed E-state index contributed by atoms with van der Waals surface area (Å²) in [6, 6.07) is 48.7. The molecule has 0 amide bonds. The van der Waals surface area contributed by atoms with Crippen molar-refractivity contribution in [3.63, 3.8) is 0 Å². The number of benzene rings is 4. The van der Waals surface area contributed by atoms with Gasteiger partial charge in [0.2, 0.25) is 0 Å². The maximum Gasteiger partial charge on any atom is 0.184 e. The number of isothiocyanates is 2. The van der Waals surface area contributed by atoms with Gasteiger partial charge in [-0.3, -0.25) is 19.9 Å². The van der Waals surface area contributed by atoms with E-state index in [0.717, 1.165) is 79.3 Å². The first-order valence-corrected chi connectivity index (χ1v) is 35.5. The zero-order valence-corrected chi connectivity index (χ0v) is 62.3. The molecule has 32 heteroatoms. The number of nitrogens with zero attached hydrogens (tertiary/aromatic N) is 18. The summed E-state index contributed by atoms with van der Waals surface area (Å²) in [5.74, 6) is 3.08. The number of anilines is 4. The van der Waals surface area contributed by atoms with Crippen LogP contribution in [0, 0.1) is 0 Å². The topological polar surface area (TPSA) is 245 Å². The lowest BCUT2D eigenvalue weighted by Gasteiger charge is -2.12. The Kier molecular flexibility index (Phi) is 24.1. The van der Waals surface area contributed by atoms with Crippen LogP contribution in [0.3, 0.4) is 0 Å². The second kappa shape index (κ2) is 34.8. The van der Waals surface area contributed by atoms with Crippen LogP contribution >= 0.6 is 117 Å². The Morgan fingerprint density at radius 3 is 0.877 bits per heavy atom. The molecule has 4 aromatic carbocycles. The third-order valence-electron chi connectivity index (χ3n) is 15.8. The molecule has 0 fully saturated rings. The van der Waals surface area contributed by atoms with Crippen LogP contribution in [-0.4, -0.2) is 88.7 Å². The number of pyridine rings is 4. The summed E-state index contributed by atoms with van der Waals surface area (Å²) in [7, 11) is 0. The van der Waals surface area contributed by atoms with Crippen molar-refractivity contribution in [3.05, 3.63) is 295 Å². The molecular formula is C74H50Cl8N22S2. The van der Waals surface area contributed by atoms with Crippen molar-refractivity contribution in [2.45, 2.75) is 26.2 Å². The average molecular weight is 1600 g/mol. The Hall–Kier alpha value is -10.9. The highest BCUT2D eigenvalue weighted by Crippen LogP contribution is 2.39. The molecule has 0 saturated carbocycles. The molecule has 12 heterocycles. The first-order valence-electron chi connectivity index (χ1n) is 31.7. The first-order chi connectivity index (χ1) is 51.8. The fourth-order valence-corrected chi connectivity index (χ4v) is 12.4. The van der Waals surface area contributed by atoms with Crippen molar-refractivity contribution < 1.29 is 0 Å². The van der Waals surface area contributed by atoms with Gasteiger partial charge < -0.3 is 21.3 Å². The van der Waals surface area contributed by atoms with E-state index in [2.05, 4.69) is 102 Å². The molecule has 0 saturated heterocycles. The van der Waals surface area contributed by atoms with Gasteiger partial charge in [-0.15, -0.1) is 0 Å². The van der Waals surface area contributed by atoms with Crippen LogP contribution in [0.1, 0.15) is 22.3 Å². The Balaban J connectivity index is 0.000000125. The lowest BCUT2D eigenvalue weighted by atomic mass is 10.1. The van der Waals surface area contributed by atoms with Gasteiger partial charge in [0.15, 0.2) is 22.6 Å². The highest BCUT2D eigenvalue weighted by Gasteiger charge is 2.20. The molecule has 0 bridgehead atoms. The lowest BCUT2D eigenvalue weighted by molar-refractivity contribution is 0.926. The van der Waals surface area contributed by atoms with Gasteiger partial charge in [-0.1, -0.05) is 141 Å². The van der Waals surface area contributed by atoms with Crippen molar-refractivity contribution in [2.24, 2.45) is 9.98 Å². The SMILES string of the molecule is Clc1cccc(-c2cc(NCc3ccncc3)n3nccc3n2)c1Cl.Clc1cccc(-c2cc(NCc3ccncc3)n3nccc3n2)c1Cl.S=C=Nc1cnn2c(NCc3ccncc3)cc(-c3cccc(Cl)c3Cl)nc12.S=C=Nc1cnn2c(NCc3ccncc3)cc(-c3cccc(Cl)c3Cl)nc12. The Morgan fingerprint density at radius 2 is 0.594 bits per heavy atom. The maximum atomic E-state index is 6.40. The quantitative estimate of drug-likeness (QED) is 0.0461. The highest BCUT2D eigenvalue weighted by atomic mass is 35.5. The van der Waals surface area contributed by atoms with Crippen LogP contribution in [-0.2, 0) is 26.2 Å². The minimum atomic E-state index is 0.431. The summed E-state index contributed by atoms with van der Waals surface area (Å²) in [5.41, 5.74) is 13.7. The van der Waals surface area contributed by atoms with Gasteiger partial charge in [0, 0.05) is 134 Å². The molecule has 16 aromatic rings. The van der Waals surface area contributed by atoms with Crippen molar-refractivity contribution >= 4 is 185 Å². The standard InChI is InChI=1S/2C19H12Cl2N6S.2C18H13Cl2N5/c2*20-14-3-1-2-13(18(14)21)15-8-17(23-9-12-4-6-22-7-5-12)27-19(26-15)16(10-25-27)24-11-28;2*19-14-3-1-2-13(18(14)20)15-10-17(25-16(24-15)6-9-23-25)22-11-12-4-7-21-8-5-12/h2*1-8,10,23H,9H2;2*1-10,22H,11H2. The number of halogens is 8. The van der Waals surface area contributed by atoms with Crippen LogP contribution in [0.4, 0.5) is 34.6 Å². The molecule has 4 N–H and O–H groups in total. The van der Waals surface area contributed by atoms with E-state index in [1.165, 1.54) is 0 Å². The molecule has 0 spiro atoms. The number of hydrogen-bond acceptors (Lipinski definition) is 20. The van der Waals surface area contributed by atoms with Crippen LogP contribution in [0.5, 0.6) is 0 Å². The summed E-state index contributed by atoms with van der Waals surface area (Å²) in [4.78, 5) is 42.8. The first kappa shape index (κ1) is 73.4. The summed E-state index contributed by atoms with van der Waals surface area (Å²) in [5, 5.41) is 39.4. The minimum Gasteiger partial charge on any atom is -0.366 e. The molecule has 524 valence electrons. The van der Waals surface area contributed by atoms with E-state index in [0.29, 0.717) is 112 Å². The Bertz CT molecular complexity index is 5540. The van der Waals surface area contributed by atoms with E-state index in [1.54, 1.807) is 117 Å². The monoisotopic (exact) mass is 1590 g/mol. The van der Waals surface area contributed by atoms with Crippen LogP contribution in [0.2, 0.25) is 40.2 Å². The Labute approximate surface area is 654 Å².